The minimum Gasteiger partial charge on any atom is -0.385 e. The summed E-state index contributed by atoms with van der Waals surface area (Å²) in [4.78, 5) is 8.91. The molecule has 0 saturated heterocycles. The van der Waals surface area contributed by atoms with E-state index in [2.05, 4.69) is 25.5 Å². The Balaban J connectivity index is 1.65. The van der Waals surface area contributed by atoms with Crippen LogP contribution in [-0.2, 0) is 17.8 Å². The third-order valence-electron chi connectivity index (χ3n) is 3.32. The molecule has 0 saturated carbocycles. The van der Waals surface area contributed by atoms with Gasteiger partial charge in [0.15, 0.2) is 5.82 Å². The summed E-state index contributed by atoms with van der Waals surface area (Å²) < 4.78 is 7.08. The van der Waals surface area contributed by atoms with Gasteiger partial charge in [0.1, 0.15) is 12.1 Å². The largest absolute Gasteiger partial charge is 0.385 e. The fraction of sp³-hybridized carbons (Fsp3) is 0.333. The Morgan fingerprint density at radius 2 is 2.09 bits per heavy atom. The summed E-state index contributed by atoms with van der Waals surface area (Å²) in [6.45, 7) is 2.11. The zero-order chi connectivity index (χ0) is 15.2. The molecule has 114 valence electrons. The SMILES string of the molecule is COCCCn1cnnc1CNc1cnc2ccccc2n1. The highest BCUT2D eigenvalue weighted by Gasteiger charge is 2.05. The van der Waals surface area contributed by atoms with E-state index in [1.165, 1.54) is 0 Å². The van der Waals surface area contributed by atoms with Gasteiger partial charge in [-0.15, -0.1) is 10.2 Å². The number of fused-ring (bicyclic) bond motifs is 1. The van der Waals surface area contributed by atoms with Crippen molar-refractivity contribution in [2.75, 3.05) is 19.0 Å². The minimum absolute atomic E-state index is 0.556. The first-order valence-corrected chi connectivity index (χ1v) is 7.18. The molecule has 3 aromatic rings. The maximum absolute atomic E-state index is 5.06. The van der Waals surface area contributed by atoms with Crippen LogP contribution < -0.4 is 5.32 Å². The lowest BCUT2D eigenvalue weighted by Gasteiger charge is -2.08. The van der Waals surface area contributed by atoms with Gasteiger partial charge in [-0.05, 0) is 18.6 Å². The van der Waals surface area contributed by atoms with Crippen LogP contribution in [0, 0.1) is 0 Å². The van der Waals surface area contributed by atoms with Crippen molar-refractivity contribution >= 4 is 16.9 Å². The highest BCUT2D eigenvalue weighted by molar-refractivity contribution is 5.75. The van der Waals surface area contributed by atoms with Gasteiger partial charge in [0.05, 0.1) is 23.8 Å². The quantitative estimate of drug-likeness (QED) is 0.671. The molecule has 0 atom stereocenters. The van der Waals surface area contributed by atoms with Gasteiger partial charge in [0, 0.05) is 20.3 Å². The molecule has 0 aliphatic rings. The Hall–Kier alpha value is -2.54. The molecule has 3 rings (SSSR count). The summed E-state index contributed by atoms with van der Waals surface area (Å²) in [7, 11) is 1.70. The second kappa shape index (κ2) is 6.95. The molecule has 2 heterocycles. The van der Waals surface area contributed by atoms with Crippen molar-refractivity contribution in [1.29, 1.82) is 0 Å². The van der Waals surface area contributed by atoms with Crippen molar-refractivity contribution in [2.24, 2.45) is 0 Å². The summed E-state index contributed by atoms with van der Waals surface area (Å²) in [6, 6.07) is 7.79. The third kappa shape index (κ3) is 3.37. The first kappa shape index (κ1) is 14.4. The van der Waals surface area contributed by atoms with E-state index in [9.17, 15) is 0 Å². The zero-order valence-corrected chi connectivity index (χ0v) is 12.4. The molecular weight excluding hydrogens is 280 g/mol. The molecule has 7 nitrogen and oxygen atoms in total. The average molecular weight is 298 g/mol. The van der Waals surface area contributed by atoms with E-state index in [0.29, 0.717) is 6.54 Å². The van der Waals surface area contributed by atoms with Gasteiger partial charge in [-0.3, -0.25) is 4.98 Å². The molecular formula is C15H18N6O. The van der Waals surface area contributed by atoms with Gasteiger partial charge in [-0.25, -0.2) is 4.98 Å². The van der Waals surface area contributed by atoms with Gasteiger partial charge in [0.25, 0.3) is 0 Å². The van der Waals surface area contributed by atoms with Gasteiger partial charge in [-0.1, -0.05) is 12.1 Å². The van der Waals surface area contributed by atoms with Crippen molar-refractivity contribution < 1.29 is 4.74 Å². The number of hydrogen-bond acceptors (Lipinski definition) is 6. The number of methoxy groups -OCH3 is 1. The molecule has 0 spiro atoms. The van der Waals surface area contributed by atoms with Gasteiger partial charge in [-0.2, -0.15) is 0 Å². The Morgan fingerprint density at radius 1 is 1.23 bits per heavy atom. The first-order valence-electron chi connectivity index (χ1n) is 7.18. The third-order valence-corrected chi connectivity index (χ3v) is 3.32. The van der Waals surface area contributed by atoms with Crippen molar-refractivity contribution in [3.8, 4) is 0 Å². The van der Waals surface area contributed by atoms with Crippen LogP contribution in [0.1, 0.15) is 12.2 Å². The van der Waals surface area contributed by atoms with E-state index in [1.807, 2.05) is 28.8 Å². The van der Waals surface area contributed by atoms with Crippen molar-refractivity contribution in [3.63, 3.8) is 0 Å². The molecule has 0 amide bonds. The number of rotatable bonds is 7. The van der Waals surface area contributed by atoms with Crippen LogP contribution >= 0.6 is 0 Å². The molecule has 0 radical (unpaired) electrons. The molecule has 2 aromatic heterocycles. The molecule has 7 heteroatoms. The van der Waals surface area contributed by atoms with Gasteiger partial charge < -0.3 is 14.6 Å². The second-order valence-corrected chi connectivity index (χ2v) is 4.88. The van der Waals surface area contributed by atoms with E-state index < -0.39 is 0 Å². The van der Waals surface area contributed by atoms with Crippen LogP contribution in [0.15, 0.2) is 36.8 Å². The minimum atomic E-state index is 0.556. The molecule has 0 fully saturated rings. The monoisotopic (exact) mass is 298 g/mol. The average Bonchev–Trinajstić information content (AvgIpc) is 3.00. The first-order chi connectivity index (χ1) is 10.9. The van der Waals surface area contributed by atoms with Crippen LogP contribution in [0.5, 0.6) is 0 Å². The highest BCUT2D eigenvalue weighted by Crippen LogP contribution is 2.12. The van der Waals surface area contributed by atoms with E-state index in [4.69, 9.17) is 4.74 Å². The predicted molar refractivity (Wildman–Crippen MR) is 83.4 cm³/mol. The number of benzene rings is 1. The van der Waals surface area contributed by atoms with E-state index in [1.54, 1.807) is 19.6 Å². The predicted octanol–water partition coefficient (Wildman–Crippen LogP) is 1.87. The number of aromatic nitrogens is 5. The molecule has 0 aliphatic carbocycles. The van der Waals surface area contributed by atoms with E-state index in [0.717, 1.165) is 42.2 Å². The molecule has 1 aromatic carbocycles. The highest BCUT2D eigenvalue weighted by atomic mass is 16.5. The zero-order valence-electron chi connectivity index (χ0n) is 12.4. The van der Waals surface area contributed by atoms with E-state index >= 15 is 0 Å². The summed E-state index contributed by atoms with van der Waals surface area (Å²) >= 11 is 0. The fourth-order valence-corrected chi connectivity index (χ4v) is 2.19. The van der Waals surface area contributed by atoms with Crippen molar-refractivity contribution in [1.82, 2.24) is 24.7 Å². The number of hydrogen-bond donors (Lipinski definition) is 1. The topological polar surface area (TPSA) is 77.8 Å². The number of ether oxygens (including phenoxy) is 1. The number of nitrogens with one attached hydrogen (secondary N) is 1. The Morgan fingerprint density at radius 3 is 2.95 bits per heavy atom. The Bertz CT molecular complexity index is 741. The van der Waals surface area contributed by atoms with Crippen LogP contribution in [-0.4, -0.2) is 38.4 Å². The molecule has 22 heavy (non-hydrogen) atoms. The maximum Gasteiger partial charge on any atom is 0.152 e. The van der Waals surface area contributed by atoms with Gasteiger partial charge in [0.2, 0.25) is 0 Å². The van der Waals surface area contributed by atoms with Crippen molar-refractivity contribution in [2.45, 2.75) is 19.5 Å². The smallest absolute Gasteiger partial charge is 0.152 e. The number of nitrogens with zero attached hydrogens (tertiary/aromatic N) is 5. The number of aryl methyl sites for hydroxylation is 1. The van der Waals surface area contributed by atoms with Crippen molar-refractivity contribution in [3.05, 3.63) is 42.6 Å². The maximum atomic E-state index is 5.06. The van der Waals surface area contributed by atoms with Crippen LogP contribution in [0.25, 0.3) is 11.0 Å². The van der Waals surface area contributed by atoms with Gasteiger partial charge >= 0.3 is 0 Å². The lowest BCUT2D eigenvalue weighted by atomic mass is 10.3. The van der Waals surface area contributed by atoms with Crippen LogP contribution in [0.2, 0.25) is 0 Å². The van der Waals surface area contributed by atoms with Crippen LogP contribution in [0.3, 0.4) is 0 Å². The standard InChI is InChI=1S/C15H18N6O/c1-22-8-4-7-21-11-18-20-15(21)10-17-14-9-16-12-5-2-3-6-13(12)19-14/h2-3,5-6,9,11H,4,7-8,10H2,1H3,(H,17,19). The molecule has 0 unspecified atom stereocenters. The molecule has 0 aliphatic heterocycles. The molecule has 0 bridgehead atoms. The fourth-order valence-electron chi connectivity index (χ4n) is 2.19. The number of para-hydroxylation sites is 2. The van der Waals surface area contributed by atoms with E-state index in [-0.39, 0.29) is 0 Å². The second-order valence-electron chi connectivity index (χ2n) is 4.88. The van der Waals surface area contributed by atoms with Crippen LogP contribution in [0.4, 0.5) is 5.82 Å². The number of anilines is 1. The Labute approximate surface area is 128 Å². The lowest BCUT2D eigenvalue weighted by Crippen LogP contribution is -2.10. The summed E-state index contributed by atoms with van der Waals surface area (Å²) in [5.74, 6) is 1.59. The summed E-state index contributed by atoms with van der Waals surface area (Å²) in [5, 5.41) is 11.3. The Kier molecular flexibility index (Phi) is 4.55. The normalized spacial score (nSPS) is 11.0. The lowest BCUT2D eigenvalue weighted by molar-refractivity contribution is 0.190. The molecule has 1 N–H and O–H groups in total. The summed E-state index contributed by atoms with van der Waals surface area (Å²) in [5.41, 5.74) is 1.75. The summed E-state index contributed by atoms with van der Waals surface area (Å²) in [6.07, 6.45) is 4.39.